The Morgan fingerprint density at radius 1 is 1.59 bits per heavy atom. The summed E-state index contributed by atoms with van der Waals surface area (Å²) in [6.07, 6.45) is 2.48. The molecule has 0 spiro atoms. The number of ether oxygens (including phenoxy) is 1. The molecule has 0 bridgehead atoms. The fourth-order valence-electron chi connectivity index (χ4n) is 1.90. The van der Waals surface area contributed by atoms with E-state index in [0.717, 1.165) is 35.7 Å². The summed E-state index contributed by atoms with van der Waals surface area (Å²) in [5, 5.41) is 9.14. The van der Waals surface area contributed by atoms with E-state index in [9.17, 15) is 4.79 Å². The molecule has 1 heterocycles. The lowest BCUT2D eigenvalue weighted by atomic mass is 10.1. The van der Waals surface area contributed by atoms with Gasteiger partial charge in [0.25, 0.3) is 0 Å². The number of carboxylic acids is 1. The summed E-state index contributed by atoms with van der Waals surface area (Å²) in [6, 6.07) is 5.56. The number of carboxylic acid groups (broad SMARTS) is 1. The number of aryl methyl sites for hydroxylation is 1. The van der Waals surface area contributed by atoms with Gasteiger partial charge in [-0.3, -0.25) is 0 Å². The van der Waals surface area contributed by atoms with Crippen molar-refractivity contribution in [2.24, 2.45) is 0 Å². The lowest BCUT2D eigenvalue weighted by Crippen LogP contribution is -2.08. The largest absolute Gasteiger partial charge is 0.478 e. The van der Waals surface area contributed by atoms with Crippen LogP contribution in [0, 0.1) is 6.92 Å². The number of benzene rings is 1. The van der Waals surface area contributed by atoms with Gasteiger partial charge in [-0.15, -0.1) is 11.8 Å². The summed E-state index contributed by atoms with van der Waals surface area (Å²) in [7, 11) is 0. The van der Waals surface area contributed by atoms with Crippen molar-refractivity contribution >= 4 is 17.7 Å². The van der Waals surface area contributed by atoms with Crippen LogP contribution in [0.2, 0.25) is 0 Å². The number of hydrogen-bond acceptors (Lipinski definition) is 3. The van der Waals surface area contributed by atoms with Crippen LogP contribution in [-0.2, 0) is 4.74 Å². The molecule has 1 aliphatic heterocycles. The molecule has 0 radical (unpaired) electrons. The molecule has 2 rings (SSSR count). The van der Waals surface area contributed by atoms with Crippen LogP contribution in [0.5, 0.6) is 0 Å². The zero-order chi connectivity index (χ0) is 12.3. The van der Waals surface area contributed by atoms with E-state index in [1.54, 1.807) is 17.8 Å². The summed E-state index contributed by atoms with van der Waals surface area (Å²) in [4.78, 5) is 12.0. The third-order valence-corrected chi connectivity index (χ3v) is 4.02. The molecule has 1 aromatic carbocycles. The van der Waals surface area contributed by atoms with Crippen LogP contribution in [-0.4, -0.2) is 29.5 Å². The highest BCUT2D eigenvalue weighted by Crippen LogP contribution is 2.27. The first-order valence-corrected chi connectivity index (χ1v) is 6.74. The molecule has 1 atom stereocenters. The summed E-state index contributed by atoms with van der Waals surface area (Å²) in [5.74, 6) is -0.0212. The van der Waals surface area contributed by atoms with Crippen molar-refractivity contribution in [1.82, 2.24) is 0 Å². The van der Waals surface area contributed by atoms with E-state index in [2.05, 4.69) is 0 Å². The minimum Gasteiger partial charge on any atom is -0.478 e. The van der Waals surface area contributed by atoms with Crippen molar-refractivity contribution in [1.29, 1.82) is 0 Å². The van der Waals surface area contributed by atoms with Crippen LogP contribution in [0.1, 0.15) is 28.8 Å². The SMILES string of the molecule is Cc1ccc(SCC2CCCO2)c(C(=O)O)c1. The molecule has 1 fully saturated rings. The van der Waals surface area contributed by atoms with Gasteiger partial charge in [0.05, 0.1) is 11.7 Å². The molecular formula is C13H16O3S. The van der Waals surface area contributed by atoms with Gasteiger partial charge in [0.15, 0.2) is 0 Å². The van der Waals surface area contributed by atoms with Crippen molar-refractivity contribution in [2.45, 2.75) is 30.8 Å². The van der Waals surface area contributed by atoms with Crippen molar-refractivity contribution in [3.63, 3.8) is 0 Å². The summed E-state index contributed by atoms with van der Waals surface area (Å²) >= 11 is 1.58. The molecule has 1 aromatic rings. The van der Waals surface area contributed by atoms with Gasteiger partial charge in [-0.05, 0) is 31.9 Å². The quantitative estimate of drug-likeness (QED) is 0.837. The van der Waals surface area contributed by atoms with Crippen LogP contribution in [0.15, 0.2) is 23.1 Å². The summed E-state index contributed by atoms with van der Waals surface area (Å²) in [6.45, 7) is 2.74. The molecule has 0 amide bonds. The maximum absolute atomic E-state index is 11.1. The highest BCUT2D eigenvalue weighted by molar-refractivity contribution is 7.99. The molecule has 17 heavy (non-hydrogen) atoms. The second-order valence-corrected chi connectivity index (χ2v) is 5.31. The summed E-state index contributed by atoms with van der Waals surface area (Å²) < 4.78 is 5.53. The van der Waals surface area contributed by atoms with Crippen LogP contribution >= 0.6 is 11.8 Å². The first kappa shape index (κ1) is 12.5. The molecule has 92 valence electrons. The number of thioether (sulfide) groups is 1. The molecule has 1 aliphatic rings. The first-order chi connectivity index (χ1) is 8.16. The first-order valence-electron chi connectivity index (χ1n) is 5.75. The smallest absolute Gasteiger partial charge is 0.336 e. The Kier molecular flexibility index (Phi) is 4.07. The second kappa shape index (κ2) is 5.56. The standard InChI is InChI=1S/C13H16O3S/c1-9-4-5-12(11(7-9)13(14)15)17-8-10-3-2-6-16-10/h4-5,7,10H,2-3,6,8H2,1H3,(H,14,15). The zero-order valence-electron chi connectivity index (χ0n) is 9.81. The van der Waals surface area contributed by atoms with Gasteiger partial charge in [-0.1, -0.05) is 11.6 Å². The van der Waals surface area contributed by atoms with Gasteiger partial charge in [-0.2, -0.15) is 0 Å². The highest BCUT2D eigenvalue weighted by Gasteiger charge is 2.17. The predicted molar refractivity (Wildman–Crippen MR) is 67.8 cm³/mol. The fourth-order valence-corrected chi connectivity index (χ4v) is 2.99. The van der Waals surface area contributed by atoms with Crippen molar-refractivity contribution < 1.29 is 14.6 Å². The minimum atomic E-state index is -0.858. The molecule has 4 heteroatoms. The van der Waals surface area contributed by atoms with E-state index in [0.29, 0.717) is 5.56 Å². The third-order valence-electron chi connectivity index (χ3n) is 2.81. The number of rotatable bonds is 4. The van der Waals surface area contributed by atoms with E-state index >= 15 is 0 Å². The van der Waals surface area contributed by atoms with E-state index in [1.165, 1.54) is 0 Å². The molecule has 3 nitrogen and oxygen atoms in total. The van der Waals surface area contributed by atoms with Crippen LogP contribution in [0.25, 0.3) is 0 Å². The Labute approximate surface area is 105 Å². The molecular weight excluding hydrogens is 236 g/mol. The van der Waals surface area contributed by atoms with Gasteiger partial charge in [0, 0.05) is 17.3 Å². The van der Waals surface area contributed by atoms with Gasteiger partial charge < -0.3 is 9.84 Å². The van der Waals surface area contributed by atoms with Gasteiger partial charge in [-0.25, -0.2) is 4.79 Å². The second-order valence-electron chi connectivity index (χ2n) is 4.25. The van der Waals surface area contributed by atoms with E-state index in [-0.39, 0.29) is 6.10 Å². The summed E-state index contributed by atoms with van der Waals surface area (Å²) in [5.41, 5.74) is 1.37. The third kappa shape index (κ3) is 3.23. The molecule has 1 saturated heterocycles. The highest BCUT2D eigenvalue weighted by atomic mass is 32.2. The van der Waals surface area contributed by atoms with Crippen molar-refractivity contribution in [3.05, 3.63) is 29.3 Å². The Morgan fingerprint density at radius 3 is 3.06 bits per heavy atom. The average molecular weight is 252 g/mol. The minimum absolute atomic E-state index is 0.281. The molecule has 0 aromatic heterocycles. The van der Waals surface area contributed by atoms with E-state index in [1.807, 2.05) is 19.1 Å². The molecule has 0 aliphatic carbocycles. The topological polar surface area (TPSA) is 46.5 Å². The number of aromatic carboxylic acids is 1. The average Bonchev–Trinajstić information content (AvgIpc) is 2.80. The zero-order valence-corrected chi connectivity index (χ0v) is 10.6. The lowest BCUT2D eigenvalue weighted by molar-refractivity contribution is 0.0693. The Morgan fingerprint density at radius 2 is 2.41 bits per heavy atom. The maximum atomic E-state index is 11.1. The monoisotopic (exact) mass is 252 g/mol. The lowest BCUT2D eigenvalue weighted by Gasteiger charge is -2.10. The van der Waals surface area contributed by atoms with Crippen molar-refractivity contribution in [2.75, 3.05) is 12.4 Å². The number of hydrogen-bond donors (Lipinski definition) is 1. The number of carbonyl (C=O) groups is 1. The fraction of sp³-hybridized carbons (Fsp3) is 0.462. The van der Waals surface area contributed by atoms with Crippen LogP contribution < -0.4 is 0 Å². The van der Waals surface area contributed by atoms with Crippen molar-refractivity contribution in [3.8, 4) is 0 Å². The van der Waals surface area contributed by atoms with Crippen LogP contribution in [0.4, 0.5) is 0 Å². The normalized spacial score (nSPS) is 19.5. The molecule has 1 N–H and O–H groups in total. The van der Waals surface area contributed by atoms with Gasteiger partial charge >= 0.3 is 5.97 Å². The van der Waals surface area contributed by atoms with Gasteiger partial charge in [0.1, 0.15) is 0 Å². The van der Waals surface area contributed by atoms with Gasteiger partial charge in [0.2, 0.25) is 0 Å². The Balaban J connectivity index is 2.06. The van der Waals surface area contributed by atoms with E-state index < -0.39 is 5.97 Å². The Hall–Kier alpha value is -1.00. The molecule has 1 unspecified atom stereocenters. The maximum Gasteiger partial charge on any atom is 0.336 e. The molecule has 0 saturated carbocycles. The van der Waals surface area contributed by atoms with E-state index in [4.69, 9.17) is 9.84 Å². The van der Waals surface area contributed by atoms with Crippen LogP contribution in [0.3, 0.4) is 0 Å². The Bertz CT molecular complexity index is 411. The predicted octanol–water partition coefficient (Wildman–Crippen LogP) is 2.96.